The van der Waals surface area contributed by atoms with E-state index in [1.807, 2.05) is 0 Å². The minimum atomic E-state index is -4.49. The third-order valence-corrected chi connectivity index (χ3v) is 3.89. The number of aromatic nitrogens is 3. The summed E-state index contributed by atoms with van der Waals surface area (Å²) >= 11 is 0. The Morgan fingerprint density at radius 3 is 2.46 bits per heavy atom. The van der Waals surface area contributed by atoms with Crippen LogP contribution in [0.5, 0.6) is 0 Å². The largest absolute Gasteiger partial charge is 0.416 e. The molecule has 2 amide bonds. The van der Waals surface area contributed by atoms with E-state index in [-0.39, 0.29) is 16.8 Å². The molecular weight excluding hydrogens is 375 g/mol. The molecule has 7 nitrogen and oxygen atoms in total. The highest BCUT2D eigenvalue weighted by molar-refractivity contribution is 5.99. The van der Waals surface area contributed by atoms with Crippen LogP contribution >= 0.6 is 0 Å². The molecule has 28 heavy (non-hydrogen) atoms. The number of hydrogen-bond acceptors (Lipinski definition) is 4. The Morgan fingerprint density at radius 1 is 1.04 bits per heavy atom. The molecule has 10 heteroatoms. The van der Waals surface area contributed by atoms with Crippen molar-refractivity contribution < 1.29 is 22.8 Å². The minimum Gasteiger partial charge on any atom is -0.267 e. The molecule has 0 atom stereocenters. The normalized spacial score (nSPS) is 11.1. The zero-order valence-electron chi connectivity index (χ0n) is 14.5. The summed E-state index contributed by atoms with van der Waals surface area (Å²) in [5.74, 6) is -1.22. The summed E-state index contributed by atoms with van der Waals surface area (Å²) in [6.45, 7) is 1.53. The number of nitrogens with one attached hydrogen (secondary N) is 2. The first-order valence-corrected chi connectivity index (χ1v) is 8.00. The highest BCUT2D eigenvalue weighted by atomic mass is 19.4. The van der Waals surface area contributed by atoms with E-state index >= 15 is 0 Å². The molecule has 1 aromatic carbocycles. The van der Waals surface area contributed by atoms with Gasteiger partial charge in [0.15, 0.2) is 0 Å². The third-order valence-electron chi connectivity index (χ3n) is 3.89. The first-order chi connectivity index (χ1) is 13.3. The topological polar surface area (TPSA) is 88.9 Å². The van der Waals surface area contributed by atoms with Crippen LogP contribution in [-0.4, -0.2) is 26.6 Å². The van der Waals surface area contributed by atoms with E-state index in [4.69, 9.17) is 0 Å². The Morgan fingerprint density at radius 2 is 1.79 bits per heavy atom. The van der Waals surface area contributed by atoms with Gasteiger partial charge in [0.25, 0.3) is 11.8 Å². The molecule has 0 saturated heterocycles. The van der Waals surface area contributed by atoms with Gasteiger partial charge in [0.1, 0.15) is 0 Å². The molecule has 0 aliphatic heterocycles. The van der Waals surface area contributed by atoms with Crippen LogP contribution in [0.25, 0.3) is 5.69 Å². The van der Waals surface area contributed by atoms with Crippen molar-refractivity contribution in [1.82, 2.24) is 25.6 Å². The maximum atomic E-state index is 12.9. The van der Waals surface area contributed by atoms with Gasteiger partial charge in [0, 0.05) is 12.4 Å². The summed E-state index contributed by atoms with van der Waals surface area (Å²) in [6.07, 6.45) is -0.450. The summed E-state index contributed by atoms with van der Waals surface area (Å²) < 4.78 is 39.9. The molecular formula is C18H14F3N5O2. The average molecular weight is 389 g/mol. The van der Waals surface area contributed by atoms with Gasteiger partial charge >= 0.3 is 6.18 Å². The molecule has 0 spiro atoms. The Bertz CT molecular complexity index is 1020. The van der Waals surface area contributed by atoms with Gasteiger partial charge in [-0.05, 0) is 37.3 Å². The first kappa shape index (κ1) is 19.1. The summed E-state index contributed by atoms with van der Waals surface area (Å²) in [5, 5.41) is 3.98. The molecule has 0 unspecified atom stereocenters. The fourth-order valence-electron chi connectivity index (χ4n) is 2.46. The van der Waals surface area contributed by atoms with Crippen molar-refractivity contribution >= 4 is 11.8 Å². The summed E-state index contributed by atoms with van der Waals surface area (Å²) in [5.41, 5.74) is 4.47. The maximum Gasteiger partial charge on any atom is 0.416 e. The van der Waals surface area contributed by atoms with Crippen molar-refractivity contribution in [2.45, 2.75) is 13.1 Å². The lowest BCUT2D eigenvalue weighted by Gasteiger charge is -2.10. The summed E-state index contributed by atoms with van der Waals surface area (Å²) in [4.78, 5) is 28.0. The number of hydrogen-bond donors (Lipinski definition) is 2. The molecule has 0 bridgehead atoms. The van der Waals surface area contributed by atoms with Crippen molar-refractivity contribution in [2.75, 3.05) is 0 Å². The van der Waals surface area contributed by atoms with Crippen molar-refractivity contribution in [1.29, 1.82) is 0 Å². The SMILES string of the molecule is Cc1c(C(=O)NNC(=O)c2cccnc2)cnn1-c1cccc(C(F)(F)F)c1. The Labute approximate surface area is 157 Å². The molecule has 0 radical (unpaired) electrons. The predicted octanol–water partition coefficient (Wildman–Crippen LogP) is 2.67. The van der Waals surface area contributed by atoms with Crippen molar-refractivity contribution in [2.24, 2.45) is 0 Å². The zero-order valence-corrected chi connectivity index (χ0v) is 14.5. The van der Waals surface area contributed by atoms with Crippen LogP contribution in [0.3, 0.4) is 0 Å². The standard InChI is InChI=1S/C18H14F3N5O2/c1-11-15(17(28)25-24-16(27)12-4-3-7-22-9-12)10-23-26(11)14-6-2-5-13(8-14)18(19,20)21/h2-10H,1H3,(H,24,27)(H,25,28). The number of pyridine rings is 1. The number of alkyl halides is 3. The van der Waals surface area contributed by atoms with Gasteiger partial charge in [-0.2, -0.15) is 18.3 Å². The van der Waals surface area contributed by atoms with Gasteiger partial charge in [-0.25, -0.2) is 4.68 Å². The van der Waals surface area contributed by atoms with E-state index in [1.54, 1.807) is 6.07 Å². The highest BCUT2D eigenvalue weighted by Crippen LogP contribution is 2.30. The summed E-state index contributed by atoms with van der Waals surface area (Å²) in [7, 11) is 0. The van der Waals surface area contributed by atoms with Crippen LogP contribution in [0.4, 0.5) is 13.2 Å². The smallest absolute Gasteiger partial charge is 0.267 e. The number of hydrazine groups is 1. The van der Waals surface area contributed by atoms with Gasteiger partial charge < -0.3 is 0 Å². The van der Waals surface area contributed by atoms with Crippen LogP contribution < -0.4 is 10.9 Å². The molecule has 0 saturated carbocycles. The molecule has 144 valence electrons. The Balaban J connectivity index is 1.76. The number of benzene rings is 1. The number of rotatable bonds is 3. The number of halogens is 3. The first-order valence-electron chi connectivity index (χ1n) is 8.00. The quantitative estimate of drug-likeness (QED) is 0.674. The molecule has 2 aromatic heterocycles. The Hall–Kier alpha value is -3.69. The second kappa shape index (κ2) is 7.51. The third kappa shape index (κ3) is 4.00. The van der Waals surface area contributed by atoms with Crippen molar-refractivity contribution in [3.05, 3.63) is 77.4 Å². The van der Waals surface area contributed by atoms with Gasteiger partial charge in [0.05, 0.1) is 34.3 Å². The lowest BCUT2D eigenvalue weighted by atomic mass is 10.2. The minimum absolute atomic E-state index is 0.101. The van der Waals surface area contributed by atoms with E-state index < -0.39 is 23.6 Å². The van der Waals surface area contributed by atoms with E-state index in [0.29, 0.717) is 5.69 Å². The van der Waals surface area contributed by atoms with E-state index in [0.717, 1.165) is 12.1 Å². The van der Waals surface area contributed by atoms with Gasteiger partial charge in [-0.15, -0.1) is 0 Å². The molecule has 3 rings (SSSR count). The van der Waals surface area contributed by atoms with Gasteiger partial charge in [-0.3, -0.25) is 25.4 Å². The van der Waals surface area contributed by atoms with Crippen molar-refractivity contribution in [3.8, 4) is 5.69 Å². The number of carbonyl (C=O) groups is 2. The number of nitrogens with zero attached hydrogens (tertiary/aromatic N) is 3. The molecule has 3 aromatic rings. The Kier molecular flexibility index (Phi) is 5.12. The van der Waals surface area contributed by atoms with Gasteiger partial charge in [-0.1, -0.05) is 6.07 Å². The van der Waals surface area contributed by atoms with Crippen molar-refractivity contribution in [3.63, 3.8) is 0 Å². The monoisotopic (exact) mass is 389 g/mol. The van der Waals surface area contributed by atoms with E-state index in [2.05, 4.69) is 20.9 Å². The zero-order chi connectivity index (χ0) is 20.3. The van der Waals surface area contributed by atoms with E-state index in [1.165, 1.54) is 48.4 Å². The predicted molar refractivity (Wildman–Crippen MR) is 92.5 cm³/mol. The fraction of sp³-hybridized carbons (Fsp3) is 0.111. The average Bonchev–Trinajstić information content (AvgIpc) is 3.07. The maximum absolute atomic E-state index is 12.9. The van der Waals surface area contributed by atoms with E-state index in [9.17, 15) is 22.8 Å². The summed E-state index contributed by atoms with van der Waals surface area (Å²) in [6, 6.07) is 7.68. The van der Waals surface area contributed by atoms with Crippen LogP contribution in [0.15, 0.2) is 55.0 Å². The number of carbonyl (C=O) groups excluding carboxylic acids is 2. The highest BCUT2D eigenvalue weighted by Gasteiger charge is 2.30. The van der Waals surface area contributed by atoms with Crippen LogP contribution in [0.2, 0.25) is 0 Å². The lowest BCUT2D eigenvalue weighted by Crippen LogP contribution is -2.41. The number of amides is 2. The molecule has 0 fully saturated rings. The lowest BCUT2D eigenvalue weighted by molar-refractivity contribution is -0.137. The second-order valence-corrected chi connectivity index (χ2v) is 5.75. The van der Waals surface area contributed by atoms with Crippen LogP contribution in [0.1, 0.15) is 32.0 Å². The molecule has 2 heterocycles. The molecule has 0 aliphatic rings. The fourth-order valence-corrected chi connectivity index (χ4v) is 2.46. The molecule has 0 aliphatic carbocycles. The van der Waals surface area contributed by atoms with Crippen LogP contribution in [-0.2, 0) is 6.18 Å². The van der Waals surface area contributed by atoms with Crippen LogP contribution in [0, 0.1) is 6.92 Å². The molecule has 2 N–H and O–H groups in total. The van der Waals surface area contributed by atoms with Gasteiger partial charge in [0.2, 0.25) is 0 Å². The second-order valence-electron chi connectivity index (χ2n) is 5.75.